The Kier molecular flexibility index (Phi) is 5.16. The van der Waals surface area contributed by atoms with Crippen molar-refractivity contribution < 1.29 is 4.79 Å². The summed E-state index contributed by atoms with van der Waals surface area (Å²) in [5.41, 5.74) is 0. The third kappa shape index (κ3) is 3.80. The van der Waals surface area contributed by atoms with Crippen LogP contribution < -0.4 is 10.6 Å². The molecule has 2 rings (SSSR count). The van der Waals surface area contributed by atoms with Crippen LogP contribution in [-0.4, -0.2) is 49.6 Å². The average molecular weight is 267 g/mol. The van der Waals surface area contributed by atoms with Crippen LogP contribution in [0.5, 0.6) is 0 Å². The fraction of sp³-hybridized carbons (Fsp3) is 0.615. The van der Waals surface area contributed by atoms with Gasteiger partial charge in [0.25, 0.3) is 0 Å². The zero-order chi connectivity index (χ0) is 12.8. The van der Waals surface area contributed by atoms with Crippen molar-refractivity contribution in [3.63, 3.8) is 0 Å². The van der Waals surface area contributed by atoms with E-state index in [-0.39, 0.29) is 11.9 Å². The van der Waals surface area contributed by atoms with Crippen LogP contribution in [0.25, 0.3) is 0 Å². The monoisotopic (exact) mass is 267 g/mol. The van der Waals surface area contributed by atoms with Gasteiger partial charge in [-0.25, -0.2) is 0 Å². The van der Waals surface area contributed by atoms with Gasteiger partial charge in [-0.15, -0.1) is 11.3 Å². The number of piperazine rings is 1. The molecular formula is C13H21N3OS. The van der Waals surface area contributed by atoms with Crippen molar-refractivity contribution in [1.82, 2.24) is 15.5 Å². The van der Waals surface area contributed by atoms with Crippen LogP contribution in [0.2, 0.25) is 0 Å². The Morgan fingerprint density at radius 3 is 3.00 bits per heavy atom. The van der Waals surface area contributed by atoms with E-state index in [4.69, 9.17) is 0 Å². The van der Waals surface area contributed by atoms with Crippen molar-refractivity contribution in [1.29, 1.82) is 0 Å². The molecule has 0 saturated carbocycles. The van der Waals surface area contributed by atoms with Gasteiger partial charge in [-0.2, -0.15) is 0 Å². The lowest BCUT2D eigenvalue weighted by molar-refractivity contribution is -0.126. The molecule has 2 heterocycles. The van der Waals surface area contributed by atoms with Gasteiger partial charge in [-0.05, 0) is 24.8 Å². The number of nitrogens with zero attached hydrogens (tertiary/aromatic N) is 1. The highest BCUT2D eigenvalue weighted by Gasteiger charge is 2.21. The normalized spacial score (nSPS) is 18.5. The molecule has 0 radical (unpaired) electrons. The fourth-order valence-electron chi connectivity index (χ4n) is 2.15. The zero-order valence-electron chi connectivity index (χ0n) is 10.8. The molecule has 0 spiro atoms. The van der Waals surface area contributed by atoms with Crippen molar-refractivity contribution >= 4 is 17.2 Å². The largest absolute Gasteiger partial charge is 0.354 e. The summed E-state index contributed by atoms with van der Waals surface area (Å²) in [6.07, 6.45) is 0.928. The van der Waals surface area contributed by atoms with Crippen molar-refractivity contribution in [2.45, 2.75) is 19.4 Å². The summed E-state index contributed by atoms with van der Waals surface area (Å²) in [6, 6.07) is 4.14. The van der Waals surface area contributed by atoms with Crippen molar-refractivity contribution in [2.75, 3.05) is 32.7 Å². The minimum atomic E-state index is -0.0181. The molecule has 100 valence electrons. The molecule has 1 saturated heterocycles. The number of carbonyl (C=O) groups is 1. The first-order chi connectivity index (χ1) is 8.77. The van der Waals surface area contributed by atoms with Crippen molar-refractivity contribution in [3.05, 3.63) is 22.4 Å². The summed E-state index contributed by atoms with van der Waals surface area (Å²) in [5.74, 6) is 0.147. The second-order valence-electron chi connectivity index (χ2n) is 4.58. The van der Waals surface area contributed by atoms with E-state index in [1.54, 1.807) is 11.3 Å². The summed E-state index contributed by atoms with van der Waals surface area (Å²) in [7, 11) is 0. The molecule has 5 heteroatoms. The van der Waals surface area contributed by atoms with E-state index >= 15 is 0 Å². The van der Waals surface area contributed by atoms with E-state index in [1.807, 2.05) is 13.0 Å². The van der Waals surface area contributed by atoms with E-state index in [1.165, 1.54) is 4.88 Å². The van der Waals surface area contributed by atoms with E-state index in [2.05, 4.69) is 27.0 Å². The highest BCUT2D eigenvalue weighted by atomic mass is 32.1. The van der Waals surface area contributed by atoms with Gasteiger partial charge in [-0.3, -0.25) is 9.69 Å². The third-order valence-corrected chi connectivity index (χ3v) is 4.27. The Morgan fingerprint density at radius 1 is 1.56 bits per heavy atom. The molecule has 0 bridgehead atoms. The SMILES string of the molecule is CC(C(=O)NCCc1cccs1)N1CCNCC1. The molecule has 2 N–H and O–H groups in total. The molecule has 1 aromatic heterocycles. The van der Waals surface area contributed by atoms with Gasteiger partial charge in [0.15, 0.2) is 0 Å². The van der Waals surface area contributed by atoms with Gasteiger partial charge in [-0.1, -0.05) is 6.07 Å². The minimum Gasteiger partial charge on any atom is -0.354 e. The first-order valence-corrected chi connectivity index (χ1v) is 7.40. The van der Waals surface area contributed by atoms with Gasteiger partial charge in [0.1, 0.15) is 0 Å². The number of thiophene rings is 1. The Balaban J connectivity index is 1.70. The molecule has 1 unspecified atom stereocenters. The highest BCUT2D eigenvalue weighted by Crippen LogP contribution is 2.08. The van der Waals surface area contributed by atoms with Crippen LogP contribution in [0.3, 0.4) is 0 Å². The third-order valence-electron chi connectivity index (χ3n) is 3.33. The summed E-state index contributed by atoms with van der Waals surface area (Å²) in [5, 5.41) is 8.39. The number of amides is 1. The van der Waals surface area contributed by atoms with Gasteiger partial charge in [0, 0.05) is 37.6 Å². The van der Waals surface area contributed by atoms with Gasteiger partial charge in [0.2, 0.25) is 5.91 Å². The Hall–Kier alpha value is -0.910. The fourth-order valence-corrected chi connectivity index (χ4v) is 2.86. The van der Waals surface area contributed by atoms with Crippen molar-refractivity contribution in [2.24, 2.45) is 0 Å². The second-order valence-corrected chi connectivity index (χ2v) is 5.61. The molecule has 1 atom stereocenters. The maximum Gasteiger partial charge on any atom is 0.237 e. The lowest BCUT2D eigenvalue weighted by Gasteiger charge is -2.31. The zero-order valence-corrected chi connectivity index (χ0v) is 11.6. The van der Waals surface area contributed by atoms with Crippen LogP contribution in [-0.2, 0) is 11.2 Å². The van der Waals surface area contributed by atoms with Crippen LogP contribution in [0, 0.1) is 0 Å². The van der Waals surface area contributed by atoms with E-state index in [9.17, 15) is 4.79 Å². The van der Waals surface area contributed by atoms with E-state index < -0.39 is 0 Å². The molecule has 0 aromatic carbocycles. The Bertz CT molecular complexity index is 360. The van der Waals surface area contributed by atoms with Gasteiger partial charge in [0.05, 0.1) is 6.04 Å². The molecule has 1 fully saturated rings. The molecule has 4 nitrogen and oxygen atoms in total. The van der Waals surface area contributed by atoms with Crippen molar-refractivity contribution in [3.8, 4) is 0 Å². The number of carbonyl (C=O) groups excluding carboxylic acids is 1. The summed E-state index contributed by atoms with van der Waals surface area (Å²) in [4.78, 5) is 15.6. The molecule has 18 heavy (non-hydrogen) atoms. The number of hydrogen-bond donors (Lipinski definition) is 2. The van der Waals surface area contributed by atoms with Crippen LogP contribution in [0.15, 0.2) is 17.5 Å². The summed E-state index contributed by atoms with van der Waals surface area (Å²) < 4.78 is 0. The van der Waals surface area contributed by atoms with E-state index in [0.717, 1.165) is 39.1 Å². The Labute approximate surface area is 112 Å². The number of hydrogen-bond acceptors (Lipinski definition) is 4. The number of nitrogens with one attached hydrogen (secondary N) is 2. The van der Waals surface area contributed by atoms with E-state index in [0.29, 0.717) is 0 Å². The maximum absolute atomic E-state index is 12.0. The van der Waals surface area contributed by atoms with Gasteiger partial charge < -0.3 is 10.6 Å². The molecule has 1 aliphatic rings. The molecule has 0 aliphatic carbocycles. The minimum absolute atomic E-state index is 0.0181. The summed E-state index contributed by atoms with van der Waals surface area (Å²) in [6.45, 7) is 6.60. The lowest BCUT2D eigenvalue weighted by Crippen LogP contribution is -2.52. The second kappa shape index (κ2) is 6.87. The predicted octanol–water partition coefficient (Wildman–Crippen LogP) is 0.700. The molecule has 1 aromatic rings. The maximum atomic E-state index is 12.0. The standard InChI is InChI=1S/C13H21N3OS/c1-11(16-8-6-14-7-9-16)13(17)15-5-4-12-3-2-10-18-12/h2-3,10-11,14H,4-9H2,1H3,(H,15,17). The first-order valence-electron chi connectivity index (χ1n) is 6.52. The van der Waals surface area contributed by atoms with Crippen LogP contribution in [0.1, 0.15) is 11.8 Å². The predicted molar refractivity (Wildman–Crippen MR) is 74.9 cm³/mol. The topological polar surface area (TPSA) is 44.4 Å². The molecular weight excluding hydrogens is 246 g/mol. The first kappa shape index (κ1) is 13.5. The lowest BCUT2D eigenvalue weighted by atomic mass is 10.2. The molecule has 1 aliphatic heterocycles. The average Bonchev–Trinajstić information content (AvgIpc) is 2.92. The van der Waals surface area contributed by atoms with Crippen LogP contribution in [0.4, 0.5) is 0 Å². The number of rotatable bonds is 5. The molecule has 1 amide bonds. The van der Waals surface area contributed by atoms with Crippen LogP contribution >= 0.6 is 11.3 Å². The van der Waals surface area contributed by atoms with Gasteiger partial charge >= 0.3 is 0 Å². The highest BCUT2D eigenvalue weighted by molar-refractivity contribution is 7.09. The Morgan fingerprint density at radius 2 is 2.33 bits per heavy atom. The summed E-state index contributed by atoms with van der Waals surface area (Å²) >= 11 is 1.74. The quantitative estimate of drug-likeness (QED) is 0.825. The smallest absolute Gasteiger partial charge is 0.237 e.